The first-order valence-electron chi connectivity index (χ1n) is 7.18. The predicted molar refractivity (Wildman–Crippen MR) is 89.6 cm³/mol. The third-order valence-corrected chi connectivity index (χ3v) is 4.15. The number of tetrazole rings is 1. The summed E-state index contributed by atoms with van der Waals surface area (Å²) in [5.41, 5.74) is 1.62. The van der Waals surface area contributed by atoms with Crippen LogP contribution in [0.1, 0.15) is 17.4 Å². The van der Waals surface area contributed by atoms with Crippen molar-refractivity contribution in [2.45, 2.75) is 6.04 Å². The second-order valence-electron chi connectivity index (χ2n) is 5.09. The molecule has 0 unspecified atom stereocenters. The van der Waals surface area contributed by atoms with Crippen molar-refractivity contribution in [1.82, 2.24) is 20.2 Å². The fourth-order valence-corrected chi connectivity index (χ4v) is 2.74. The summed E-state index contributed by atoms with van der Waals surface area (Å²) < 4.78 is 2.59. The molecule has 1 atom stereocenters. The molecule has 0 radical (unpaired) electrons. The first kappa shape index (κ1) is 16.2. The van der Waals surface area contributed by atoms with Gasteiger partial charge in [0.25, 0.3) is 5.69 Å². The monoisotopic (exact) mass is 389 g/mol. The van der Waals surface area contributed by atoms with E-state index in [9.17, 15) is 10.1 Å². The molecule has 2 aromatic carbocycles. The lowest BCUT2D eigenvalue weighted by atomic mass is 10.1. The molecule has 0 saturated carbocycles. The van der Waals surface area contributed by atoms with Crippen molar-refractivity contribution in [3.63, 3.8) is 0 Å². The van der Waals surface area contributed by atoms with E-state index in [0.717, 1.165) is 15.7 Å². The topological polar surface area (TPSA) is 103 Å². The number of nitrogens with two attached hydrogens (primary N) is 1. The maximum atomic E-state index is 11.0. The van der Waals surface area contributed by atoms with Crippen molar-refractivity contribution in [2.24, 2.45) is 0 Å². The van der Waals surface area contributed by atoms with Crippen LogP contribution in [0.25, 0.3) is 5.69 Å². The van der Waals surface area contributed by atoms with E-state index in [2.05, 4.69) is 31.5 Å². The van der Waals surface area contributed by atoms with Gasteiger partial charge in [0.1, 0.15) is 0 Å². The number of aromatic nitrogens is 4. The summed E-state index contributed by atoms with van der Waals surface area (Å²) in [6.45, 7) is 0. The van der Waals surface area contributed by atoms with Crippen LogP contribution in [0, 0.1) is 10.1 Å². The van der Waals surface area contributed by atoms with Gasteiger partial charge in [-0.1, -0.05) is 28.1 Å². The van der Waals surface area contributed by atoms with Crippen molar-refractivity contribution >= 4 is 21.6 Å². The van der Waals surface area contributed by atoms with Gasteiger partial charge in [-0.05, 0) is 34.7 Å². The van der Waals surface area contributed by atoms with E-state index in [-0.39, 0.29) is 11.7 Å². The summed E-state index contributed by atoms with van der Waals surface area (Å²) in [5, 5.41) is 24.9. The maximum Gasteiger partial charge on any atom is 0.269 e. The Morgan fingerprint density at radius 1 is 1.25 bits per heavy atom. The van der Waals surface area contributed by atoms with Gasteiger partial charge in [0.15, 0.2) is 6.04 Å². The zero-order valence-corrected chi connectivity index (χ0v) is 14.3. The standard InChI is InChI=1S/C15H13BrN6O2/c1-17-14(10-3-2-4-13(9-10)22(23)24)15-18-19-20-21(15)12-7-5-11(16)6-8-12/h2-9,14,17H,1H3/p+1/t14-/m0/s1. The highest BCUT2D eigenvalue weighted by atomic mass is 79.9. The first-order valence-corrected chi connectivity index (χ1v) is 7.97. The van der Waals surface area contributed by atoms with Crippen molar-refractivity contribution in [3.05, 3.63) is 74.5 Å². The Morgan fingerprint density at radius 2 is 2.00 bits per heavy atom. The van der Waals surface area contributed by atoms with Crippen molar-refractivity contribution in [1.29, 1.82) is 0 Å². The lowest BCUT2D eigenvalue weighted by molar-refractivity contribution is -0.662. The number of nitro benzene ring substituents is 1. The van der Waals surface area contributed by atoms with E-state index in [1.807, 2.05) is 42.7 Å². The smallest absolute Gasteiger partial charge is 0.269 e. The highest BCUT2D eigenvalue weighted by Gasteiger charge is 2.25. The Hall–Kier alpha value is -2.65. The fraction of sp³-hybridized carbons (Fsp3) is 0.133. The van der Waals surface area contributed by atoms with Gasteiger partial charge in [0.2, 0.25) is 5.82 Å². The van der Waals surface area contributed by atoms with Crippen LogP contribution in [0.2, 0.25) is 0 Å². The molecule has 0 fully saturated rings. The lowest BCUT2D eigenvalue weighted by Crippen LogP contribution is -2.81. The van der Waals surface area contributed by atoms with E-state index >= 15 is 0 Å². The van der Waals surface area contributed by atoms with Crippen molar-refractivity contribution in [2.75, 3.05) is 7.05 Å². The van der Waals surface area contributed by atoms with Gasteiger partial charge in [-0.15, -0.1) is 5.10 Å². The summed E-state index contributed by atoms with van der Waals surface area (Å²) in [6.07, 6.45) is 0. The molecule has 0 amide bonds. The molecule has 9 heteroatoms. The van der Waals surface area contributed by atoms with Crippen LogP contribution in [-0.4, -0.2) is 32.2 Å². The van der Waals surface area contributed by atoms with E-state index in [1.165, 1.54) is 6.07 Å². The average Bonchev–Trinajstić information content (AvgIpc) is 3.06. The van der Waals surface area contributed by atoms with E-state index < -0.39 is 4.92 Å². The van der Waals surface area contributed by atoms with Gasteiger partial charge in [0.05, 0.1) is 17.7 Å². The van der Waals surface area contributed by atoms with E-state index in [4.69, 9.17) is 0 Å². The van der Waals surface area contributed by atoms with Crippen molar-refractivity contribution in [3.8, 4) is 5.69 Å². The minimum Gasteiger partial charge on any atom is -0.336 e. The summed E-state index contributed by atoms with van der Waals surface area (Å²) in [4.78, 5) is 10.6. The Labute approximate surface area is 145 Å². The fourth-order valence-electron chi connectivity index (χ4n) is 2.48. The highest BCUT2D eigenvalue weighted by molar-refractivity contribution is 9.10. The van der Waals surface area contributed by atoms with E-state index in [0.29, 0.717) is 5.82 Å². The number of hydrogen-bond donors (Lipinski definition) is 1. The molecule has 0 spiro atoms. The minimum absolute atomic E-state index is 0.0435. The molecule has 1 aromatic heterocycles. The molecule has 0 aliphatic heterocycles. The molecular formula is C15H14BrN6O2+. The van der Waals surface area contributed by atoms with E-state index in [1.54, 1.807) is 16.8 Å². The van der Waals surface area contributed by atoms with Crippen LogP contribution in [-0.2, 0) is 0 Å². The summed E-state index contributed by atoms with van der Waals surface area (Å²) >= 11 is 3.40. The molecule has 8 nitrogen and oxygen atoms in total. The Morgan fingerprint density at radius 3 is 2.67 bits per heavy atom. The maximum absolute atomic E-state index is 11.0. The molecule has 3 aromatic rings. The van der Waals surface area contributed by atoms with Crippen LogP contribution in [0.3, 0.4) is 0 Å². The second kappa shape index (κ2) is 6.85. The Kier molecular flexibility index (Phi) is 4.63. The van der Waals surface area contributed by atoms with Gasteiger partial charge in [-0.2, -0.15) is 4.68 Å². The molecule has 3 rings (SSSR count). The molecule has 0 bridgehead atoms. The molecular weight excluding hydrogens is 376 g/mol. The SMILES string of the molecule is C[NH2+][C@@H](c1cccc([N+](=O)[O-])c1)c1nnnn1-c1ccc(Br)cc1. The molecule has 0 aliphatic carbocycles. The van der Waals surface area contributed by atoms with Gasteiger partial charge in [-0.3, -0.25) is 10.1 Å². The van der Waals surface area contributed by atoms with Gasteiger partial charge >= 0.3 is 0 Å². The largest absolute Gasteiger partial charge is 0.336 e. The van der Waals surface area contributed by atoms with Crippen LogP contribution in [0.4, 0.5) is 5.69 Å². The van der Waals surface area contributed by atoms with Gasteiger partial charge in [0, 0.05) is 22.2 Å². The summed E-state index contributed by atoms with van der Waals surface area (Å²) in [7, 11) is 1.88. The van der Waals surface area contributed by atoms with Crippen molar-refractivity contribution < 1.29 is 10.2 Å². The predicted octanol–water partition coefficient (Wildman–Crippen LogP) is 1.62. The van der Waals surface area contributed by atoms with Crippen LogP contribution in [0.5, 0.6) is 0 Å². The third kappa shape index (κ3) is 3.17. The number of non-ortho nitro benzene ring substituents is 1. The molecule has 1 heterocycles. The molecule has 24 heavy (non-hydrogen) atoms. The summed E-state index contributed by atoms with van der Waals surface area (Å²) in [5.74, 6) is 0.598. The molecule has 122 valence electrons. The quantitative estimate of drug-likeness (QED) is 0.527. The second-order valence-corrected chi connectivity index (χ2v) is 6.00. The number of quaternary nitrogens is 1. The number of rotatable bonds is 5. The molecule has 0 saturated heterocycles. The normalized spacial score (nSPS) is 12.1. The number of benzene rings is 2. The highest BCUT2D eigenvalue weighted by Crippen LogP contribution is 2.23. The van der Waals surface area contributed by atoms with Crippen LogP contribution in [0.15, 0.2) is 53.0 Å². The lowest BCUT2D eigenvalue weighted by Gasteiger charge is -2.13. The van der Waals surface area contributed by atoms with Crippen LogP contribution < -0.4 is 5.32 Å². The zero-order valence-electron chi connectivity index (χ0n) is 12.7. The van der Waals surface area contributed by atoms with Gasteiger partial charge < -0.3 is 5.32 Å². The number of nitro groups is 1. The Bertz CT molecular complexity index is 864. The summed E-state index contributed by atoms with van der Waals surface area (Å²) in [6, 6.07) is 13.8. The molecule has 2 N–H and O–H groups in total. The molecule has 0 aliphatic rings. The number of hydrogen-bond acceptors (Lipinski definition) is 5. The third-order valence-electron chi connectivity index (χ3n) is 3.62. The average molecular weight is 390 g/mol. The number of nitrogens with zero attached hydrogens (tertiary/aromatic N) is 5. The number of halogens is 1. The Balaban J connectivity index is 2.04. The van der Waals surface area contributed by atoms with Crippen LogP contribution >= 0.6 is 15.9 Å². The first-order chi connectivity index (χ1) is 11.6. The minimum atomic E-state index is -0.409. The zero-order chi connectivity index (χ0) is 17.1. The van der Waals surface area contributed by atoms with Gasteiger partial charge in [-0.25, -0.2) is 0 Å².